The Bertz CT molecular complexity index is 479. The Kier molecular flexibility index (Phi) is 4.19. The lowest BCUT2D eigenvalue weighted by Gasteiger charge is -2.23. The molecule has 0 N–H and O–H groups in total. The first-order valence-electron chi connectivity index (χ1n) is 5.14. The number of carbonyl (C=O) groups excluding carboxylic acids is 1. The van der Waals surface area contributed by atoms with Crippen LogP contribution in [0.15, 0.2) is 18.3 Å². The van der Waals surface area contributed by atoms with Gasteiger partial charge in [-0.3, -0.25) is 4.79 Å². The molecule has 17 heavy (non-hydrogen) atoms. The molecule has 0 saturated heterocycles. The second-order valence-corrected chi connectivity index (χ2v) is 3.73. The van der Waals surface area contributed by atoms with Gasteiger partial charge in [0.25, 0.3) is 5.91 Å². The minimum atomic E-state index is -0.300. The van der Waals surface area contributed by atoms with Crippen LogP contribution in [-0.4, -0.2) is 28.4 Å². The smallest absolute Gasteiger partial charge is 0.273 e. The number of hydrogen-bond donors (Lipinski definition) is 0. The summed E-state index contributed by atoms with van der Waals surface area (Å²) in [4.78, 5) is 17.3. The van der Waals surface area contributed by atoms with E-state index in [-0.39, 0.29) is 24.2 Å². The predicted molar refractivity (Wildman–Crippen MR) is 60.7 cm³/mol. The number of hydrogen-bond acceptors (Lipinski definition) is 4. The fourth-order valence-corrected chi connectivity index (χ4v) is 1.30. The van der Waals surface area contributed by atoms with E-state index in [1.54, 1.807) is 0 Å². The van der Waals surface area contributed by atoms with E-state index in [2.05, 4.69) is 4.98 Å². The van der Waals surface area contributed by atoms with E-state index in [9.17, 15) is 4.79 Å². The maximum Gasteiger partial charge on any atom is 0.273 e. The van der Waals surface area contributed by atoms with Crippen LogP contribution in [0.2, 0.25) is 0 Å². The molecular formula is C12H12N4O. The zero-order valence-electron chi connectivity index (χ0n) is 9.71. The molecule has 0 unspecified atom stereocenters. The van der Waals surface area contributed by atoms with Crippen LogP contribution in [-0.2, 0) is 0 Å². The zero-order chi connectivity index (χ0) is 12.8. The van der Waals surface area contributed by atoms with Gasteiger partial charge >= 0.3 is 0 Å². The van der Waals surface area contributed by atoms with Crippen molar-refractivity contribution < 1.29 is 4.79 Å². The van der Waals surface area contributed by atoms with Gasteiger partial charge in [0.15, 0.2) is 0 Å². The van der Waals surface area contributed by atoms with Gasteiger partial charge in [-0.2, -0.15) is 10.5 Å². The maximum atomic E-state index is 12.0. The molecule has 0 fully saturated rings. The van der Waals surface area contributed by atoms with Gasteiger partial charge in [0.1, 0.15) is 18.3 Å². The molecule has 1 amide bonds. The van der Waals surface area contributed by atoms with E-state index in [4.69, 9.17) is 10.5 Å². The molecule has 0 atom stereocenters. The Morgan fingerprint density at radius 3 is 2.59 bits per heavy atom. The Morgan fingerprint density at radius 1 is 1.47 bits per heavy atom. The highest BCUT2D eigenvalue weighted by molar-refractivity contribution is 5.92. The largest absolute Gasteiger partial charge is 0.322 e. The lowest BCUT2D eigenvalue weighted by molar-refractivity contribution is 0.0725. The standard InChI is InChI=1S/C12H12N4O/c1-9(2)16(6-5-13)12(17)11-4-3-10(7-14)8-15-11/h3-4,8-9H,6H2,1-2H3. The van der Waals surface area contributed by atoms with Gasteiger partial charge in [-0.25, -0.2) is 4.98 Å². The van der Waals surface area contributed by atoms with E-state index in [0.717, 1.165) is 0 Å². The molecule has 0 aliphatic carbocycles. The number of nitriles is 2. The van der Waals surface area contributed by atoms with Crippen LogP contribution in [0.1, 0.15) is 29.9 Å². The van der Waals surface area contributed by atoms with Crippen molar-refractivity contribution >= 4 is 5.91 Å². The lowest BCUT2D eigenvalue weighted by atomic mass is 10.2. The quantitative estimate of drug-likeness (QED) is 0.731. The Balaban J connectivity index is 2.94. The summed E-state index contributed by atoms with van der Waals surface area (Å²) in [5.74, 6) is -0.300. The highest BCUT2D eigenvalue weighted by atomic mass is 16.2. The first kappa shape index (κ1) is 12.7. The number of pyridine rings is 1. The van der Waals surface area contributed by atoms with Gasteiger partial charge < -0.3 is 4.90 Å². The summed E-state index contributed by atoms with van der Waals surface area (Å²) in [5, 5.41) is 17.3. The first-order chi connectivity index (χ1) is 8.10. The van der Waals surface area contributed by atoms with Crippen LogP contribution in [0.3, 0.4) is 0 Å². The van der Waals surface area contributed by atoms with E-state index in [0.29, 0.717) is 5.56 Å². The van der Waals surface area contributed by atoms with Crippen molar-refractivity contribution in [3.8, 4) is 12.1 Å². The van der Waals surface area contributed by atoms with Crippen LogP contribution in [0, 0.1) is 22.7 Å². The molecule has 0 aromatic carbocycles. The van der Waals surface area contributed by atoms with Crippen molar-refractivity contribution in [3.63, 3.8) is 0 Å². The van der Waals surface area contributed by atoms with Crippen LogP contribution in [0.4, 0.5) is 0 Å². The summed E-state index contributed by atoms with van der Waals surface area (Å²) in [5.41, 5.74) is 0.644. The van der Waals surface area contributed by atoms with Gasteiger partial charge in [0.2, 0.25) is 0 Å². The Labute approximate surface area is 99.9 Å². The molecule has 1 aromatic heterocycles. The summed E-state index contributed by atoms with van der Waals surface area (Å²) in [6.07, 6.45) is 1.35. The van der Waals surface area contributed by atoms with Crippen molar-refractivity contribution in [2.75, 3.05) is 6.54 Å². The fourth-order valence-electron chi connectivity index (χ4n) is 1.30. The zero-order valence-corrected chi connectivity index (χ0v) is 9.71. The molecule has 1 aromatic rings. The molecule has 0 radical (unpaired) electrons. The normalized spacial score (nSPS) is 9.47. The third-order valence-electron chi connectivity index (χ3n) is 2.24. The molecule has 1 rings (SSSR count). The Hall–Kier alpha value is -2.40. The van der Waals surface area contributed by atoms with Crippen LogP contribution < -0.4 is 0 Å². The topological polar surface area (TPSA) is 80.8 Å². The first-order valence-corrected chi connectivity index (χ1v) is 5.14. The number of carbonyl (C=O) groups is 1. The summed E-state index contributed by atoms with van der Waals surface area (Å²) >= 11 is 0. The van der Waals surface area contributed by atoms with Crippen molar-refractivity contribution in [2.45, 2.75) is 19.9 Å². The van der Waals surface area contributed by atoms with E-state index in [1.165, 1.54) is 23.2 Å². The molecule has 0 spiro atoms. The molecule has 1 heterocycles. The molecule has 0 bridgehead atoms. The lowest BCUT2D eigenvalue weighted by Crippen LogP contribution is -2.37. The minimum absolute atomic E-state index is 0.0260. The van der Waals surface area contributed by atoms with Crippen LogP contribution in [0.25, 0.3) is 0 Å². The minimum Gasteiger partial charge on any atom is -0.322 e. The monoisotopic (exact) mass is 228 g/mol. The van der Waals surface area contributed by atoms with Gasteiger partial charge in [0, 0.05) is 12.2 Å². The predicted octanol–water partition coefficient (Wildman–Crippen LogP) is 1.33. The van der Waals surface area contributed by atoms with Crippen LogP contribution in [0.5, 0.6) is 0 Å². The van der Waals surface area contributed by atoms with Crippen molar-refractivity contribution in [1.29, 1.82) is 10.5 Å². The molecule has 0 saturated carbocycles. The summed E-state index contributed by atoms with van der Waals surface area (Å²) < 4.78 is 0. The fraction of sp³-hybridized carbons (Fsp3) is 0.333. The number of aromatic nitrogens is 1. The molecule has 0 aliphatic rings. The SMILES string of the molecule is CC(C)N(CC#N)C(=O)c1ccc(C#N)cn1. The van der Waals surface area contributed by atoms with Crippen molar-refractivity contribution in [1.82, 2.24) is 9.88 Å². The number of rotatable bonds is 3. The van der Waals surface area contributed by atoms with Gasteiger partial charge in [0.05, 0.1) is 11.6 Å². The molecule has 5 heteroatoms. The molecule has 0 aliphatic heterocycles. The highest BCUT2D eigenvalue weighted by Gasteiger charge is 2.19. The van der Waals surface area contributed by atoms with E-state index < -0.39 is 0 Å². The summed E-state index contributed by atoms with van der Waals surface area (Å²) in [7, 11) is 0. The second-order valence-electron chi connectivity index (χ2n) is 3.73. The highest BCUT2D eigenvalue weighted by Crippen LogP contribution is 2.06. The van der Waals surface area contributed by atoms with Gasteiger partial charge in [-0.15, -0.1) is 0 Å². The number of nitrogens with zero attached hydrogens (tertiary/aromatic N) is 4. The van der Waals surface area contributed by atoms with E-state index in [1.807, 2.05) is 26.0 Å². The second kappa shape index (κ2) is 5.62. The average molecular weight is 228 g/mol. The van der Waals surface area contributed by atoms with Gasteiger partial charge in [-0.05, 0) is 26.0 Å². The van der Waals surface area contributed by atoms with Gasteiger partial charge in [-0.1, -0.05) is 0 Å². The Morgan fingerprint density at radius 2 is 2.18 bits per heavy atom. The maximum absolute atomic E-state index is 12.0. The molecule has 5 nitrogen and oxygen atoms in total. The third-order valence-corrected chi connectivity index (χ3v) is 2.24. The summed E-state index contributed by atoms with van der Waals surface area (Å²) in [6.45, 7) is 3.69. The van der Waals surface area contributed by atoms with E-state index >= 15 is 0 Å². The summed E-state index contributed by atoms with van der Waals surface area (Å²) in [6, 6.07) is 6.83. The van der Waals surface area contributed by atoms with Crippen molar-refractivity contribution in [2.24, 2.45) is 0 Å². The number of amides is 1. The van der Waals surface area contributed by atoms with Crippen LogP contribution >= 0.6 is 0 Å². The molecular weight excluding hydrogens is 216 g/mol. The average Bonchev–Trinajstić information content (AvgIpc) is 2.35. The third kappa shape index (κ3) is 3.02. The molecule has 86 valence electrons. The van der Waals surface area contributed by atoms with Crippen molar-refractivity contribution in [3.05, 3.63) is 29.6 Å².